The summed E-state index contributed by atoms with van der Waals surface area (Å²) in [6.07, 6.45) is 10.7. The smallest absolute Gasteiger partial charge is 0.0130 e. The van der Waals surface area contributed by atoms with Crippen LogP contribution in [0.15, 0.2) is 60.7 Å². The highest BCUT2D eigenvalue weighted by molar-refractivity contribution is 5.92. The summed E-state index contributed by atoms with van der Waals surface area (Å²) < 4.78 is 0. The highest BCUT2D eigenvalue weighted by atomic mass is 14.2. The Morgan fingerprint density at radius 2 is 1.26 bits per heavy atom. The third kappa shape index (κ3) is 2.96. The van der Waals surface area contributed by atoms with Gasteiger partial charge in [-0.25, -0.2) is 0 Å². The Balaban J connectivity index is 1.99. The molecule has 0 aliphatic heterocycles. The molecule has 3 rings (SSSR count). The van der Waals surface area contributed by atoms with Crippen molar-refractivity contribution in [3.63, 3.8) is 0 Å². The Morgan fingerprint density at radius 3 is 1.89 bits per heavy atom. The van der Waals surface area contributed by atoms with Crippen molar-refractivity contribution in [1.82, 2.24) is 0 Å². The van der Waals surface area contributed by atoms with Gasteiger partial charge in [-0.3, -0.25) is 0 Å². The predicted octanol–water partition coefficient (Wildman–Crippen LogP) is 4.63. The topological polar surface area (TPSA) is 0 Å². The van der Waals surface area contributed by atoms with Gasteiger partial charge in [-0.2, -0.15) is 0 Å². The summed E-state index contributed by atoms with van der Waals surface area (Å²) in [5, 5.41) is 0. The molecule has 0 spiro atoms. The van der Waals surface area contributed by atoms with E-state index in [1.165, 1.54) is 22.6 Å². The molecule has 0 saturated heterocycles. The van der Waals surface area contributed by atoms with Crippen LogP contribution in [0.2, 0.25) is 0 Å². The number of hydrogen-bond acceptors (Lipinski definition) is 0. The predicted molar refractivity (Wildman–Crippen MR) is 81.2 cm³/mol. The molecule has 0 aromatic heterocycles. The largest absolute Gasteiger partial charge is 0.0622 e. The van der Waals surface area contributed by atoms with Crippen LogP contribution in [0.3, 0.4) is 0 Å². The van der Waals surface area contributed by atoms with Crippen LogP contribution in [0, 0.1) is 31.6 Å². The fourth-order valence-electron chi connectivity index (χ4n) is 2.22. The van der Waals surface area contributed by atoms with Gasteiger partial charge in [0.05, 0.1) is 0 Å². The van der Waals surface area contributed by atoms with E-state index in [0.29, 0.717) is 0 Å². The zero-order valence-corrected chi connectivity index (χ0v) is 10.7. The maximum atomic E-state index is 2.24. The molecule has 0 heterocycles. The second-order valence-electron chi connectivity index (χ2n) is 4.51. The highest BCUT2D eigenvalue weighted by Crippen LogP contribution is 2.37. The van der Waals surface area contributed by atoms with Crippen LogP contribution in [0.5, 0.6) is 0 Å². The molecule has 1 aliphatic carbocycles. The lowest BCUT2D eigenvalue weighted by molar-refractivity contribution is 1.38. The molecule has 0 nitrogen and oxygen atoms in total. The summed E-state index contributed by atoms with van der Waals surface area (Å²) in [7, 11) is 0. The highest BCUT2D eigenvalue weighted by Gasteiger charge is 2.22. The van der Waals surface area contributed by atoms with Crippen molar-refractivity contribution in [2.75, 3.05) is 0 Å². The molecule has 2 aromatic carbocycles. The van der Waals surface area contributed by atoms with E-state index in [0.717, 1.165) is 0 Å². The normalized spacial score (nSPS) is 16.7. The van der Waals surface area contributed by atoms with E-state index in [2.05, 4.69) is 86.4 Å². The van der Waals surface area contributed by atoms with Crippen molar-refractivity contribution >= 4 is 11.6 Å². The number of allylic oxidation sites excluding steroid dienone is 1. The van der Waals surface area contributed by atoms with Crippen molar-refractivity contribution < 1.29 is 0 Å². The van der Waals surface area contributed by atoms with E-state index in [4.69, 9.17) is 0 Å². The maximum Gasteiger partial charge on any atom is 0.0130 e. The number of hydrogen-bond donors (Lipinski definition) is 0. The van der Waals surface area contributed by atoms with E-state index in [9.17, 15) is 0 Å². The molecule has 0 unspecified atom stereocenters. The molecular weight excluding hydrogens is 228 g/mol. The van der Waals surface area contributed by atoms with Gasteiger partial charge in [0, 0.05) is 5.92 Å². The Morgan fingerprint density at radius 1 is 0.684 bits per heavy atom. The molecule has 0 amide bonds. The minimum Gasteiger partial charge on any atom is -0.0622 e. The van der Waals surface area contributed by atoms with Crippen molar-refractivity contribution in [2.24, 2.45) is 0 Å². The average molecular weight is 243 g/mol. The van der Waals surface area contributed by atoms with Crippen molar-refractivity contribution in [1.29, 1.82) is 0 Å². The van der Waals surface area contributed by atoms with Gasteiger partial charge in [-0.15, -0.1) is 0 Å². The van der Waals surface area contributed by atoms with E-state index in [1.54, 1.807) is 0 Å². The molecule has 0 N–H and O–H groups in total. The Bertz CT molecular complexity index is 531. The summed E-state index contributed by atoms with van der Waals surface area (Å²) in [6, 6.07) is 21.0. The zero-order valence-electron chi connectivity index (χ0n) is 10.7. The first-order valence-electron chi connectivity index (χ1n) is 6.48. The van der Waals surface area contributed by atoms with Crippen LogP contribution in [0.25, 0.3) is 11.6 Å². The zero-order chi connectivity index (χ0) is 12.9. The van der Waals surface area contributed by atoms with Gasteiger partial charge in [0.2, 0.25) is 0 Å². The minimum absolute atomic E-state index is 1.22. The first-order valence-corrected chi connectivity index (χ1v) is 6.48. The molecule has 0 heteroatoms. The van der Waals surface area contributed by atoms with Crippen LogP contribution in [-0.4, -0.2) is 0 Å². The molecule has 1 aliphatic rings. The van der Waals surface area contributed by atoms with E-state index >= 15 is 0 Å². The lowest BCUT2D eigenvalue weighted by atomic mass is 9.89. The maximum absolute atomic E-state index is 2.24. The fourth-order valence-corrected chi connectivity index (χ4v) is 2.22. The fraction of sp³-hybridized carbons (Fsp3) is 0. The Labute approximate surface area is 115 Å². The number of benzene rings is 2. The van der Waals surface area contributed by atoms with Crippen LogP contribution in [-0.2, 0) is 0 Å². The molecule has 0 bridgehead atoms. The summed E-state index contributed by atoms with van der Waals surface area (Å²) in [5.74, 6) is 1.26. The second-order valence-corrected chi connectivity index (χ2v) is 4.51. The van der Waals surface area contributed by atoms with Gasteiger partial charge < -0.3 is 0 Å². The van der Waals surface area contributed by atoms with Crippen LogP contribution < -0.4 is 0 Å². The van der Waals surface area contributed by atoms with Crippen LogP contribution in [0.4, 0.5) is 0 Å². The third-order valence-corrected chi connectivity index (χ3v) is 3.17. The molecule has 19 heavy (non-hydrogen) atoms. The quantitative estimate of drug-likeness (QED) is 0.689. The third-order valence-electron chi connectivity index (χ3n) is 3.17. The molecule has 91 valence electrons. The van der Waals surface area contributed by atoms with Gasteiger partial charge in [-0.05, 0) is 42.4 Å². The van der Waals surface area contributed by atoms with E-state index in [1.807, 2.05) is 6.07 Å². The van der Waals surface area contributed by atoms with Gasteiger partial charge in [0.1, 0.15) is 0 Å². The first-order chi connectivity index (χ1) is 9.43. The van der Waals surface area contributed by atoms with E-state index < -0.39 is 0 Å². The van der Waals surface area contributed by atoms with Crippen molar-refractivity contribution in [3.8, 4) is 0 Å². The van der Waals surface area contributed by atoms with Gasteiger partial charge >= 0.3 is 0 Å². The molecule has 1 fully saturated rings. The molecular formula is C19H15. The van der Waals surface area contributed by atoms with Crippen LogP contribution >= 0.6 is 0 Å². The SMILES string of the molecule is [CH]1[CH][CH][C](/C(=C/c2ccccc2)c2ccccc2)[CH]1. The van der Waals surface area contributed by atoms with Crippen molar-refractivity contribution in [3.05, 3.63) is 103 Å². The number of rotatable bonds is 3. The summed E-state index contributed by atoms with van der Waals surface area (Å²) in [5.41, 5.74) is 3.73. The standard InChI is InChI=1S/C19H15/c1-3-9-16(10-4-1)15-19(18-13-7-8-14-18)17-11-5-2-6-12-17/h1-15H/b19-15+. The Hall–Kier alpha value is -1.82. The van der Waals surface area contributed by atoms with Gasteiger partial charge in [0.25, 0.3) is 0 Å². The molecule has 0 atom stereocenters. The van der Waals surface area contributed by atoms with Crippen molar-refractivity contribution in [2.45, 2.75) is 0 Å². The lowest BCUT2D eigenvalue weighted by Crippen LogP contribution is -1.97. The second kappa shape index (κ2) is 5.88. The summed E-state index contributed by atoms with van der Waals surface area (Å²) >= 11 is 0. The first kappa shape index (κ1) is 12.2. The monoisotopic (exact) mass is 243 g/mol. The molecule has 1 saturated carbocycles. The summed E-state index contributed by atoms with van der Waals surface area (Å²) in [4.78, 5) is 0. The average Bonchev–Trinajstić information content (AvgIpc) is 3.01. The van der Waals surface area contributed by atoms with Gasteiger partial charge in [-0.1, -0.05) is 66.7 Å². The van der Waals surface area contributed by atoms with Gasteiger partial charge in [0.15, 0.2) is 0 Å². The molecule has 5 radical (unpaired) electrons. The van der Waals surface area contributed by atoms with E-state index in [-0.39, 0.29) is 0 Å². The minimum atomic E-state index is 1.22. The Kier molecular flexibility index (Phi) is 3.78. The molecule has 2 aromatic rings. The van der Waals surface area contributed by atoms with Crippen LogP contribution in [0.1, 0.15) is 11.1 Å². The lowest BCUT2D eigenvalue weighted by Gasteiger charge is -2.14. The summed E-state index contributed by atoms with van der Waals surface area (Å²) in [6.45, 7) is 0.